The number of rotatable bonds is 2. The van der Waals surface area contributed by atoms with E-state index < -0.39 is 4.92 Å². The molecule has 7 nitrogen and oxygen atoms in total. The van der Waals surface area contributed by atoms with Gasteiger partial charge in [-0.15, -0.1) is 0 Å². The molecule has 2 unspecified atom stereocenters. The number of nitrogens with one attached hydrogen (secondary N) is 1. The van der Waals surface area contributed by atoms with E-state index in [9.17, 15) is 14.9 Å². The van der Waals surface area contributed by atoms with Gasteiger partial charge in [-0.25, -0.2) is 4.79 Å². The van der Waals surface area contributed by atoms with Crippen LogP contribution < -0.4 is 5.32 Å². The average Bonchev–Trinajstić information content (AvgIpc) is 2.54. The number of hydrogen-bond acceptors (Lipinski definition) is 4. The first-order chi connectivity index (χ1) is 11.0. The van der Waals surface area contributed by atoms with Crippen molar-refractivity contribution in [1.82, 2.24) is 4.90 Å². The lowest BCUT2D eigenvalue weighted by molar-refractivity contribution is -0.385. The Kier molecular flexibility index (Phi) is 4.47. The quantitative estimate of drug-likeness (QED) is 0.671. The molecule has 0 aliphatic carbocycles. The van der Waals surface area contributed by atoms with Crippen molar-refractivity contribution < 1.29 is 14.5 Å². The Labute approximate surface area is 134 Å². The van der Waals surface area contributed by atoms with E-state index in [1.54, 1.807) is 19.1 Å². The first kappa shape index (κ1) is 15.7. The molecule has 2 atom stereocenters. The summed E-state index contributed by atoms with van der Waals surface area (Å²) >= 11 is 0. The van der Waals surface area contributed by atoms with Crippen LogP contribution in [0.5, 0.6) is 0 Å². The highest BCUT2D eigenvalue weighted by molar-refractivity contribution is 5.89. The lowest BCUT2D eigenvalue weighted by atomic mass is 9.89. The maximum Gasteiger partial charge on any atom is 0.321 e. The summed E-state index contributed by atoms with van der Waals surface area (Å²) in [6.45, 7) is 3.88. The van der Waals surface area contributed by atoms with Gasteiger partial charge in [-0.3, -0.25) is 10.1 Å². The van der Waals surface area contributed by atoms with Gasteiger partial charge >= 0.3 is 6.03 Å². The third-order valence-corrected chi connectivity index (χ3v) is 4.65. The summed E-state index contributed by atoms with van der Waals surface area (Å²) in [5.74, 6) is 0.418. The molecule has 124 valence electrons. The molecule has 1 aromatic rings. The molecule has 2 saturated heterocycles. The monoisotopic (exact) mass is 319 g/mol. The molecule has 1 N–H and O–H groups in total. The Hall–Kier alpha value is -2.15. The van der Waals surface area contributed by atoms with Crippen LogP contribution in [0.4, 0.5) is 16.2 Å². The van der Waals surface area contributed by atoms with E-state index in [-0.39, 0.29) is 17.8 Å². The Morgan fingerprint density at radius 2 is 2.26 bits per heavy atom. The highest BCUT2D eigenvalue weighted by Crippen LogP contribution is 2.29. The van der Waals surface area contributed by atoms with Crippen LogP contribution in [0.1, 0.15) is 24.8 Å². The molecule has 0 aromatic heterocycles. The third-order valence-electron chi connectivity index (χ3n) is 4.65. The summed E-state index contributed by atoms with van der Waals surface area (Å²) in [6, 6.07) is 4.47. The number of urea groups is 1. The van der Waals surface area contributed by atoms with Crippen LogP contribution in [0.25, 0.3) is 0 Å². The Balaban J connectivity index is 1.63. The normalized spacial score (nSPS) is 24.0. The number of amides is 2. The van der Waals surface area contributed by atoms with Gasteiger partial charge in [0.05, 0.1) is 11.0 Å². The van der Waals surface area contributed by atoms with E-state index in [4.69, 9.17) is 4.74 Å². The summed E-state index contributed by atoms with van der Waals surface area (Å²) in [7, 11) is 0. The molecule has 2 aliphatic heterocycles. The number of piperidine rings is 1. The third kappa shape index (κ3) is 3.44. The molecule has 2 aliphatic rings. The highest BCUT2D eigenvalue weighted by Gasteiger charge is 2.33. The smallest absolute Gasteiger partial charge is 0.321 e. The predicted molar refractivity (Wildman–Crippen MR) is 85.5 cm³/mol. The maximum absolute atomic E-state index is 12.4. The number of hydrogen-bond donors (Lipinski definition) is 1. The topological polar surface area (TPSA) is 84.7 Å². The second-order valence-corrected chi connectivity index (χ2v) is 6.23. The fourth-order valence-corrected chi connectivity index (χ4v) is 3.41. The molecule has 1 aromatic carbocycles. The lowest BCUT2D eigenvalue weighted by Gasteiger charge is -2.40. The molecule has 2 fully saturated rings. The van der Waals surface area contributed by atoms with Crippen LogP contribution in [-0.4, -0.2) is 41.7 Å². The second kappa shape index (κ2) is 6.54. The van der Waals surface area contributed by atoms with Crippen LogP contribution in [0.15, 0.2) is 18.2 Å². The molecule has 23 heavy (non-hydrogen) atoms. The average molecular weight is 319 g/mol. The number of fused-ring (bicyclic) bond motifs is 1. The van der Waals surface area contributed by atoms with Crippen molar-refractivity contribution in [2.45, 2.75) is 32.3 Å². The minimum Gasteiger partial charge on any atom is -0.378 e. The minimum atomic E-state index is -0.422. The van der Waals surface area contributed by atoms with Gasteiger partial charge in [0.1, 0.15) is 0 Å². The predicted octanol–water partition coefficient (Wildman–Crippen LogP) is 2.94. The molecular weight excluding hydrogens is 298 g/mol. The maximum atomic E-state index is 12.4. The van der Waals surface area contributed by atoms with Crippen LogP contribution in [0.2, 0.25) is 0 Å². The van der Waals surface area contributed by atoms with Crippen molar-refractivity contribution in [2.24, 2.45) is 5.92 Å². The van der Waals surface area contributed by atoms with Crippen molar-refractivity contribution >= 4 is 17.4 Å². The first-order valence-corrected chi connectivity index (χ1v) is 7.97. The van der Waals surface area contributed by atoms with Crippen molar-refractivity contribution in [2.75, 3.05) is 25.0 Å². The number of nitro groups is 1. The molecule has 0 spiro atoms. The van der Waals surface area contributed by atoms with Crippen molar-refractivity contribution in [3.8, 4) is 0 Å². The summed E-state index contributed by atoms with van der Waals surface area (Å²) in [6.07, 6.45) is 3.31. The summed E-state index contributed by atoms with van der Waals surface area (Å²) in [4.78, 5) is 24.6. The lowest BCUT2D eigenvalue weighted by Crippen LogP contribution is -2.49. The fraction of sp³-hybridized carbons (Fsp3) is 0.562. The standard InChI is InChI=1S/C16H21N3O4/c1-11-9-13(4-5-14(11)19(21)22)17-16(20)18-7-6-15-12(10-18)3-2-8-23-15/h4-5,9,12,15H,2-3,6-8,10H2,1H3,(H,17,20). The van der Waals surface area contributed by atoms with Crippen LogP contribution in [-0.2, 0) is 4.74 Å². The van der Waals surface area contributed by atoms with Crippen LogP contribution in [0.3, 0.4) is 0 Å². The number of nitro benzene ring substituents is 1. The van der Waals surface area contributed by atoms with Gasteiger partial charge in [0.25, 0.3) is 5.69 Å². The van der Waals surface area contributed by atoms with Gasteiger partial charge in [-0.2, -0.15) is 0 Å². The Bertz CT molecular complexity index is 619. The van der Waals surface area contributed by atoms with Gasteiger partial charge in [0, 0.05) is 42.9 Å². The summed E-state index contributed by atoms with van der Waals surface area (Å²) < 4.78 is 5.76. The number of likely N-dealkylation sites (tertiary alicyclic amines) is 1. The van der Waals surface area contributed by atoms with Crippen molar-refractivity contribution in [3.05, 3.63) is 33.9 Å². The van der Waals surface area contributed by atoms with Gasteiger partial charge < -0.3 is 15.0 Å². The Morgan fingerprint density at radius 1 is 1.43 bits per heavy atom. The highest BCUT2D eigenvalue weighted by atomic mass is 16.6. The van der Waals surface area contributed by atoms with E-state index >= 15 is 0 Å². The SMILES string of the molecule is Cc1cc(NC(=O)N2CCC3OCCCC3C2)ccc1[N+](=O)[O-]. The molecule has 0 saturated carbocycles. The van der Waals surface area contributed by atoms with Crippen molar-refractivity contribution in [1.29, 1.82) is 0 Å². The van der Waals surface area contributed by atoms with E-state index in [1.165, 1.54) is 6.07 Å². The molecule has 3 rings (SSSR count). The molecule has 2 amide bonds. The molecule has 0 radical (unpaired) electrons. The fourth-order valence-electron chi connectivity index (χ4n) is 3.41. The van der Waals surface area contributed by atoms with E-state index in [1.807, 2.05) is 4.90 Å². The number of benzene rings is 1. The zero-order chi connectivity index (χ0) is 16.4. The van der Waals surface area contributed by atoms with Gasteiger partial charge in [0.15, 0.2) is 0 Å². The zero-order valence-corrected chi connectivity index (χ0v) is 13.2. The number of carbonyl (C=O) groups is 1. The van der Waals surface area contributed by atoms with Gasteiger partial charge in [-0.05, 0) is 38.3 Å². The molecule has 2 heterocycles. The number of aryl methyl sites for hydroxylation is 1. The van der Waals surface area contributed by atoms with E-state index in [0.29, 0.717) is 30.3 Å². The van der Waals surface area contributed by atoms with Gasteiger partial charge in [-0.1, -0.05) is 0 Å². The number of carbonyl (C=O) groups excluding carboxylic acids is 1. The van der Waals surface area contributed by atoms with Crippen molar-refractivity contribution in [3.63, 3.8) is 0 Å². The van der Waals surface area contributed by atoms with Gasteiger partial charge in [0.2, 0.25) is 0 Å². The molecular formula is C16H21N3O4. The Morgan fingerprint density at radius 3 is 3.00 bits per heavy atom. The van der Waals surface area contributed by atoms with Crippen LogP contribution >= 0.6 is 0 Å². The number of anilines is 1. The van der Waals surface area contributed by atoms with Crippen LogP contribution in [0, 0.1) is 23.0 Å². The van der Waals surface area contributed by atoms with E-state index in [2.05, 4.69) is 5.32 Å². The molecule has 7 heteroatoms. The number of nitrogens with zero attached hydrogens (tertiary/aromatic N) is 2. The summed E-state index contributed by atoms with van der Waals surface area (Å²) in [5, 5.41) is 13.7. The first-order valence-electron chi connectivity index (χ1n) is 7.97. The summed E-state index contributed by atoms with van der Waals surface area (Å²) in [5.41, 5.74) is 1.18. The minimum absolute atomic E-state index is 0.0585. The van der Waals surface area contributed by atoms with E-state index in [0.717, 1.165) is 25.9 Å². The largest absolute Gasteiger partial charge is 0.378 e. The molecule has 0 bridgehead atoms. The second-order valence-electron chi connectivity index (χ2n) is 6.23. The number of ether oxygens (including phenoxy) is 1. The zero-order valence-electron chi connectivity index (χ0n) is 13.2.